The summed E-state index contributed by atoms with van der Waals surface area (Å²) in [5, 5.41) is 13.9. The summed E-state index contributed by atoms with van der Waals surface area (Å²) in [6.07, 6.45) is 1.38. The summed E-state index contributed by atoms with van der Waals surface area (Å²) in [4.78, 5) is 11.7. The Bertz CT molecular complexity index is 525. The number of rotatable bonds is 3. The predicted molar refractivity (Wildman–Crippen MR) is 62.6 cm³/mol. The largest absolute Gasteiger partial charge is 0.324 e. The lowest BCUT2D eigenvalue weighted by molar-refractivity contribution is -0.116. The van der Waals surface area contributed by atoms with Gasteiger partial charge in [-0.05, 0) is 41.1 Å². The highest BCUT2D eigenvalue weighted by atomic mass is 35.5. The monoisotopic (exact) mass is 251 g/mol. The number of hydrogen-bond donors (Lipinski definition) is 1. The second-order valence-electron chi connectivity index (χ2n) is 3.51. The van der Waals surface area contributed by atoms with Gasteiger partial charge in [-0.3, -0.25) is 4.79 Å². The lowest BCUT2D eigenvalue weighted by Gasteiger charge is -2.08. The quantitative estimate of drug-likeness (QED) is 0.892. The number of hydrogen-bond acceptors (Lipinski definition) is 4. The fourth-order valence-electron chi connectivity index (χ4n) is 1.36. The standard InChI is InChI=1S/C10H10ClN5O/c1-7-4-8(11)2-3-9(7)13-10(17)5-16-6-12-14-15-16/h2-4,6H,5H2,1H3,(H,13,17). The summed E-state index contributed by atoms with van der Waals surface area (Å²) in [7, 11) is 0. The molecule has 1 amide bonds. The molecule has 0 bridgehead atoms. The number of aryl methyl sites for hydroxylation is 1. The van der Waals surface area contributed by atoms with Crippen LogP contribution in [0.15, 0.2) is 24.5 Å². The topological polar surface area (TPSA) is 72.7 Å². The van der Waals surface area contributed by atoms with Crippen molar-refractivity contribution < 1.29 is 4.79 Å². The average molecular weight is 252 g/mol. The first-order chi connectivity index (χ1) is 8.15. The second-order valence-corrected chi connectivity index (χ2v) is 3.95. The molecule has 2 rings (SSSR count). The van der Waals surface area contributed by atoms with Crippen LogP contribution in [-0.2, 0) is 11.3 Å². The third-order valence-corrected chi connectivity index (χ3v) is 2.39. The Hall–Kier alpha value is -1.95. The maximum atomic E-state index is 11.7. The number of anilines is 1. The van der Waals surface area contributed by atoms with Gasteiger partial charge in [0.1, 0.15) is 12.9 Å². The highest BCUT2D eigenvalue weighted by molar-refractivity contribution is 6.30. The first-order valence-corrected chi connectivity index (χ1v) is 5.30. The smallest absolute Gasteiger partial charge is 0.246 e. The maximum Gasteiger partial charge on any atom is 0.246 e. The lowest BCUT2D eigenvalue weighted by Crippen LogP contribution is -2.19. The van der Waals surface area contributed by atoms with Gasteiger partial charge in [-0.1, -0.05) is 11.6 Å². The second kappa shape index (κ2) is 4.92. The number of amides is 1. The van der Waals surface area contributed by atoms with Gasteiger partial charge < -0.3 is 5.32 Å². The van der Waals surface area contributed by atoms with Crippen molar-refractivity contribution in [3.63, 3.8) is 0 Å². The van der Waals surface area contributed by atoms with Crippen LogP contribution in [0.3, 0.4) is 0 Å². The number of carbonyl (C=O) groups excluding carboxylic acids is 1. The van der Waals surface area contributed by atoms with Gasteiger partial charge in [0.15, 0.2) is 0 Å². The van der Waals surface area contributed by atoms with Crippen LogP contribution >= 0.6 is 11.6 Å². The van der Waals surface area contributed by atoms with Gasteiger partial charge in [-0.25, -0.2) is 4.68 Å². The van der Waals surface area contributed by atoms with E-state index in [9.17, 15) is 4.79 Å². The number of nitrogens with one attached hydrogen (secondary N) is 1. The van der Waals surface area contributed by atoms with Gasteiger partial charge in [-0.15, -0.1) is 5.10 Å². The van der Waals surface area contributed by atoms with Crippen LogP contribution in [0.1, 0.15) is 5.56 Å². The van der Waals surface area contributed by atoms with Crippen molar-refractivity contribution in [2.75, 3.05) is 5.32 Å². The molecule has 0 fully saturated rings. The Morgan fingerprint density at radius 3 is 3.00 bits per heavy atom. The summed E-state index contributed by atoms with van der Waals surface area (Å²) in [6, 6.07) is 5.27. The SMILES string of the molecule is Cc1cc(Cl)ccc1NC(=O)Cn1cnnn1. The van der Waals surface area contributed by atoms with Crippen molar-refractivity contribution in [3.05, 3.63) is 35.1 Å². The molecular weight excluding hydrogens is 242 g/mol. The fourth-order valence-corrected chi connectivity index (χ4v) is 1.58. The Morgan fingerprint density at radius 2 is 2.35 bits per heavy atom. The molecule has 0 aliphatic rings. The van der Waals surface area contributed by atoms with Crippen molar-refractivity contribution in [2.24, 2.45) is 0 Å². The first-order valence-electron chi connectivity index (χ1n) is 4.92. The van der Waals surface area contributed by atoms with E-state index in [0.717, 1.165) is 11.3 Å². The number of carbonyl (C=O) groups is 1. The highest BCUT2D eigenvalue weighted by Crippen LogP contribution is 2.19. The van der Waals surface area contributed by atoms with Crippen LogP contribution in [0.2, 0.25) is 5.02 Å². The van der Waals surface area contributed by atoms with Crippen LogP contribution in [0.25, 0.3) is 0 Å². The normalized spacial score (nSPS) is 10.2. The van der Waals surface area contributed by atoms with E-state index in [2.05, 4.69) is 20.8 Å². The third-order valence-electron chi connectivity index (χ3n) is 2.16. The van der Waals surface area contributed by atoms with E-state index in [1.807, 2.05) is 6.92 Å². The Balaban J connectivity index is 2.03. The highest BCUT2D eigenvalue weighted by Gasteiger charge is 2.06. The molecule has 1 aromatic heterocycles. The summed E-state index contributed by atoms with van der Waals surface area (Å²) in [6.45, 7) is 1.95. The molecule has 0 spiro atoms. The zero-order valence-corrected chi connectivity index (χ0v) is 9.85. The molecule has 0 saturated heterocycles. The van der Waals surface area contributed by atoms with E-state index < -0.39 is 0 Å². The number of tetrazole rings is 1. The van der Waals surface area contributed by atoms with Crippen molar-refractivity contribution in [2.45, 2.75) is 13.5 Å². The summed E-state index contributed by atoms with van der Waals surface area (Å²) >= 11 is 5.83. The number of halogens is 1. The predicted octanol–water partition coefficient (Wildman–Crippen LogP) is 1.27. The van der Waals surface area contributed by atoms with Gasteiger partial charge in [0, 0.05) is 10.7 Å². The van der Waals surface area contributed by atoms with Gasteiger partial charge in [0.2, 0.25) is 5.91 Å². The van der Waals surface area contributed by atoms with E-state index in [-0.39, 0.29) is 12.5 Å². The van der Waals surface area contributed by atoms with E-state index in [1.165, 1.54) is 11.0 Å². The maximum absolute atomic E-state index is 11.7. The molecule has 2 aromatic rings. The van der Waals surface area contributed by atoms with Gasteiger partial charge in [0.25, 0.3) is 0 Å². The fraction of sp³-hybridized carbons (Fsp3) is 0.200. The Morgan fingerprint density at radius 1 is 1.53 bits per heavy atom. The molecule has 0 unspecified atom stereocenters. The third kappa shape index (κ3) is 3.01. The molecule has 7 heteroatoms. The molecule has 1 aromatic carbocycles. The number of benzene rings is 1. The van der Waals surface area contributed by atoms with E-state index in [0.29, 0.717) is 5.02 Å². The minimum Gasteiger partial charge on any atom is -0.324 e. The molecule has 1 N–H and O–H groups in total. The molecule has 17 heavy (non-hydrogen) atoms. The van der Waals surface area contributed by atoms with Gasteiger partial charge >= 0.3 is 0 Å². The van der Waals surface area contributed by atoms with E-state index >= 15 is 0 Å². The van der Waals surface area contributed by atoms with Crippen molar-refractivity contribution in [1.82, 2.24) is 20.2 Å². The van der Waals surface area contributed by atoms with Crippen LogP contribution in [0, 0.1) is 6.92 Å². The average Bonchev–Trinajstić information content (AvgIpc) is 2.75. The molecule has 0 aliphatic heterocycles. The molecular formula is C10H10ClN5O. The van der Waals surface area contributed by atoms with E-state index in [4.69, 9.17) is 11.6 Å². The molecule has 6 nitrogen and oxygen atoms in total. The summed E-state index contributed by atoms with van der Waals surface area (Å²) in [5.41, 5.74) is 1.63. The Labute approximate surface area is 103 Å². The van der Waals surface area contributed by atoms with Crippen LogP contribution in [0.5, 0.6) is 0 Å². The van der Waals surface area contributed by atoms with Gasteiger partial charge in [0.05, 0.1) is 0 Å². The zero-order chi connectivity index (χ0) is 12.3. The molecule has 0 radical (unpaired) electrons. The number of aromatic nitrogens is 4. The summed E-state index contributed by atoms with van der Waals surface area (Å²) in [5.74, 6) is -0.192. The van der Waals surface area contributed by atoms with Crippen molar-refractivity contribution in [3.8, 4) is 0 Å². The number of nitrogens with zero attached hydrogens (tertiary/aromatic N) is 4. The summed E-state index contributed by atoms with van der Waals surface area (Å²) < 4.78 is 1.35. The minimum absolute atomic E-state index is 0.0784. The first kappa shape index (κ1) is 11.5. The van der Waals surface area contributed by atoms with Crippen LogP contribution in [0.4, 0.5) is 5.69 Å². The van der Waals surface area contributed by atoms with Crippen molar-refractivity contribution >= 4 is 23.2 Å². The zero-order valence-electron chi connectivity index (χ0n) is 9.09. The molecule has 0 saturated carbocycles. The van der Waals surface area contributed by atoms with Gasteiger partial charge in [-0.2, -0.15) is 0 Å². The van der Waals surface area contributed by atoms with Crippen molar-refractivity contribution in [1.29, 1.82) is 0 Å². The molecule has 0 aliphatic carbocycles. The van der Waals surface area contributed by atoms with Crippen LogP contribution in [-0.4, -0.2) is 26.1 Å². The lowest BCUT2D eigenvalue weighted by atomic mass is 10.2. The minimum atomic E-state index is -0.192. The Kier molecular flexibility index (Phi) is 3.34. The van der Waals surface area contributed by atoms with E-state index in [1.54, 1.807) is 18.2 Å². The van der Waals surface area contributed by atoms with Crippen LogP contribution < -0.4 is 5.32 Å². The molecule has 0 atom stereocenters. The molecule has 1 heterocycles. The molecule has 88 valence electrons.